The normalized spacial score (nSPS) is 18.5. The average molecular weight is 472 g/mol. The fourth-order valence-electron chi connectivity index (χ4n) is 4.55. The van der Waals surface area contributed by atoms with Crippen LogP contribution in [0.5, 0.6) is 11.8 Å². The minimum atomic E-state index is 0.404. The van der Waals surface area contributed by atoms with Gasteiger partial charge in [0.25, 0.3) is 0 Å². The van der Waals surface area contributed by atoms with E-state index in [-0.39, 0.29) is 0 Å². The third-order valence-electron chi connectivity index (χ3n) is 6.53. The number of hydrogen-bond acceptors (Lipinski definition) is 9. The van der Waals surface area contributed by atoms with E-state index in [4.69, 9.17) is 20.2 Å². The summed E-state index contributed by atoms with van der Waals surface area (Å²) in [6, 6.07) is 7.92. The Morgan fingerprint density at radius 3 is 2.57 bits per heavy atom. The number of nitrogens with zero attached hydrogens (tertiary/aromatic N) is 6. The lowest BCUT2D eigenvalue weighted by molar-refractivity contribution is 0.394. The molecule has 1 aliphatic carbocycles. The van der Waals surface area contributed by atoms with Gasteiger partial charge in [-0.25, -0.2) is 19.9 Å². The van der Waals surface area contributed by atoms with Gasteiger partial charge < -0.3 is 20.1 Å². The van der Waals surface area contributed by atoms with Crippen molar-refractivity contribution in [1.29, 1.82) is 0 Å². The number of piperidine rings is 1. The number of rotatable bonds is 6. The molecule has 3 aromatic heterocycles. The smallest absolute Gasteiger partial charge is 0.225 e. The maximum absolute atomic E-state index is 6.82. The average Bonchev–Trinajstić information content (AvgIpc) is 3.77. The van der Waals surface area contributed by atoms with E-state index in [0.29, 0.717) is 29.9 Å². The number of pyridine rings is 2. The minimum absolute atomic E-state index is 0.404. The standard InChI is InChI=1S/C26H29N7O2/c1-28-20-10-12-33(21-9-8-17(13-30-21)18-5-4-11-29-25(18)34-2)14-19(20)23(27)22-24(16-6-7-16)31-15-32-26(22)35-3/h4-5,8-9,11,13,15-16H,6-7,10,12,14,27H2,1-3H3/b23-19-,28-20?. The van der Waals surface area contributed by atoms with Crippen LogP contribution >= 0.6 is 0 Å². The van der Waals surface area contributed by atoms with E-state index < -0.39 is 0 Å². The van der Waals surface area contributed by atoms with E-state index in [1.54, 1.807) is 26.7 Å². The van der Waals surface area contributed by atoms with Gasteiger partial charge in [0.15, 0.2) is 0 Å². The zero-order valence-electron chi connectivity index (χ0n) is 20.2. The molecule has 1 aliphatic heterocycles. The summed E-state index contributed by atoms with van der Waals surface area (Å²) in [4.78, 5) is 24.7. The summed E-state index contributed by atoms with van der Waals surface area (Å²) in [5, 5.41) is 0. The molecule has 180 valence electrons. The number of ether oxygens (including phenoxy) is 2. The van der Waals surface area contributed by atoms with Crippen molar-refractivity contribution in [2.24, 2.45) is 10.7 Å². The highest BCUT2D eigenvalue weighted by Gasteiger charge is 2.32. The molecular formula is C26H29N7O2. The zero-order chi connectivity index (χ0) is 24.4. The molecule has 2 aliphatic rings. The fraction of sp³-hybridized carbons (Fsp3) is 0.346. The summed E-state index contributed by atoms with van der Waals surface area (Å²) in [6.45, 7) is 1.38. The van der Waals surface area contributed by atoms with Crippen LogP contribution in [0.25, 0.3) is 16.8 Å². The first-order valence-corrected chi connectivity index (χ1v) is 11.7. The first-order valence-electron chi connectivity index (χ1n) is 11.7. The van der Waals surface area contributed by atoms with Crippen LogP contribution in [0.4, 0.5) is 5.82 Å². The van der Waals surface area contributed by atoms with Crippen LogP contribution in [0.1, 0.15) is 36.4 Å². The molecule has 0 unspecified atom stereocenters. The fourth-order valence-corrected chi connectivity index (χ4v) is 4.55. The van der Waals surface area contributed by atoms with Crippen molar-refractivity contribution in [1.82, 2.24) is 19.9 Å². The SMILES string of the molecule is CN=C1CCN(c2ccc(-c3cccnc3OC)cn2)C/C1=C(/N)c1c(OC)ncnc1C1CC1. The van der Waals surface area contributed by atoms with Crippen molar-refractivity contribution in [3.8, 4) is 22.9 Å². The molecule has 0 amide bonds. The summed E-state index contributed by atoms with van der Waals surface area (Å²) in [5.74, 6) is 2.36. The number of anilines is 1. The monoisotopic (exact) mass is 471 g/mol. The number of aliphatic imine (C=N–C) groups is 1. The van der Waals surface area contributed by atoms with E-state index in [1.807, 2.05) is 37.5 Å². The molecule has 0 atom stereocenters. The lowest BCUT2D eigenvalue weighted by atomic mass is 9.95. The highest BCUT2D eigenvalue weighted by atomic mass is 16.5. The van der Waals surface area contributed by atoms with Crippen LogP contribution in [-0.4, -0.2) is 60.0 Å². The Balaban J connectivity index is 1.48. The van der Waals surface area contributed by atoms with Crippen molar-refractivity contribution in [3.63, 3.8) is 0 Å². The summed E-state index contributed by atoms with van der Waals surface area (Å²) in [5.41, 5.74) is 13.0. The lowest BCUT2D eigenvalue weighted by Gasteiger charge is -2.32. The second-order valence-electron chi connectivity index (χ2n) is 8.62. The molecule has 1 saturated carbocycles. The van der Waals surface area contributed by atoms with E-state index >= 15 is 0 Å². The largest absolute Gasteiger partial charge is 0.481 e. The van der Waals surface area contributed by atoms with Gasteiger partial charge in [0.2, 0.25) is 11.8 Å². The molecule has 5 rings (SSSR count). The molecule has 1 saturated heterocycles. The van der Waals surface area contributed by atoms with Gasteiger partial charge in [-0.3, -0.25) is 4.99 Å². The van der Waals surface area contributed by atoms with Gasteiger partial charge in [0, 0.05) is 67.3 Å². The summed E-state index contributed by atoms with van der Waals surface area (Å²) >= 11 is 0. The molecule has 9 heteroatoms. The highest BCUT2D eigenvalue weighted by Crippen LogP contribution is 2.44. The Morgan fingerprint density at radius 1 is 1.06 bits per heavy atom. The molecule has 0 bridgehead atoms. The molecule has 35 heavy (non-hydrogen) atoms. The van der Waals surface area contributed by atoms with Crippen molar-refractivity contribution in [3.05, 3.63) is 59.8 Å². The molecule has 2 N–H and O–H groups in total. The maximum atomic E-state index is 6.82. The quantitative estimate of drug-likeness (QED) is 0.582. The molecule has 9 nitrogen and oxygen atoms in total. The highest BCUT2D eigenvalue weighted by molar-refractivity contribution is 6.08. The molecule has 0 radical (unpaired) electrons. The Hall–Kier alpha value is -4.01. The second kappa shape index (κ2) is 9.69. The number of nitrogens with two attached hydrogens (primary N) is 1. The predicted molar refractivity (Wildman–Crippen MR) is 136 cm³/mol. The van der Waals surface area contributed by atoms with Crippen molar-refractivity contribution in [2.45, 2.75) is 25.2 Å². The van der Waals surface area contributed by atoms with Crippen molar-refractivity contribution < 1.29 is 9.47 Å². The van der Waals surface area contributed by atoms with E-state index in [0.717, 1.165) is 65.3 Å². The molecule has 0 aromatic carbocycles. The Morgan fingerprint density at radius 2 is 1.89 bits per heavy atom. The first kappa shape index (κ1) is 22.8. The first-order chi connectivity index (χ1) is 17.1. The van der Waals surface area contributed by atoms with Crippen molar-refractivity contribution >= 4 is 17.2 Å². The summed E-state index contributed by atoms with van der Waals surface area (Å²) in [7, 11) is 5.05. The molecule has 0 spiro atoms. The van der Waals surface area contributed by atoms with Crippen LogP contribution in [0.2, 0.25) is 0 Å². The van der Waals surface area contributed by atoms with Crippen LogP contribution in [0.15, 0.2) is 53.6 Å². The molecule has 2 fully saturated rings. The summed E-state index contributed by atoms with van der Waals surface area (Å²) in [6.07, 6.45) is 8.10. The molecule has 3 aromatic rings. The molecular weight excluding hydrogens is 442 g/mol. The predicted octanol–water partition coefficient (Wildman–Crippen LogP) is 3.48. The molecule has 4 heterocycles. The van der Waals surface area contributed by atoms with Crippen LogP contribution in [0.3, 0.4) is 0 Å². The van der Waals surface area contributed by atoms with E-state index in [9.17, 15) is 0 Å². The second-order valence-corrected chi connectivity index (χ2v) is 8.62. The number of hydrogen-bond donors (Lipinski definition) is 1. The van der Waals surface area contributed by atoms with Crippen molar-refractivity contribution in [2.75, 3.05) is 39.3 Å². The minimum Gasteiger partial charge on any atom is -0.481 e. The van der Waals surface area contributed by atoms with Gasteiger partial charge in [-0.2, -0.15) is 0 Å². The van der Waals surface area contributed by atoms with E-state index in [1.165, 1.54) is 0 Å². The van der Waals surface area contributed by atoms with Gasteiger partial charge in [-0.1, -0.05) is 0 Å². The lowest BCUT2D eigenvalue weighted by Crippen LogP contribution is -2.37. The van der Waals surface area contributed by atoms with Gasteiger partial charge >= 0.3 is 0 Å². The topological polar surface area (TPSA) is 112 Å². The van der Waals surface area contributed by atoms with Gasteiger partial charge in [-0.15, -0.1) is 0 Å². The number of methoxy groups -OCH3 is 2. The van der Waals surface area contributed by atoms with Crippen LogP contribution in [0, 0.1) is 0 Å². The van der Waals surface area contributed by atoms with E-state index in [2.05, 4.69) is 24.8 Å². The van der Waals surface area contributed by atoms with Gasteiger partial charge in [-0.05, 0) is 37.1 Å². The Labute approximate surface area is 204 Å². The van der Waals surface area contributed by atoms with Gasteiger partial charge in [0.05, 0.1) is 31.2 Å². The van der Waals surface area contributed by atoms with Crippen LogP contribution in [-0.2, 0) is 0 Å². The Bertz CT molecular complexity index is 1280. The third kappa shape index (κ3) is 4.41. The Kier molecular flexibility index (Phi) is 6.31. The summed E-state index contributed by atoms with van der Waals surface area (Å²) < 4.78 is 11.0. The maximum Gasteiger partial charge on any atom is 0.225 e. The third-order valence-corrected chi connectivity index (χ3v) is 6.53. The zero-order valence-corrected chi connectivity index (χ0v) is 20.2. The number of aromatic nitrogens is 4. The van der Waals surface area contributed by atoms with Gasteiger partial charge in [0.1, 0.15) is 12.1 Å². The van der Waals surface area contributed by atoms with Crippen LogP contribution < -0.4 is 20.1 Å².